The van der Waals surface area contributed by atoms with E-state index < -0.39 is 11.6 Å². The smallest absolute Gasteiger partial charge is 0.173 e. The van der Waals surface area contributed by atoms with Crippen LogP contribution < -0.4 is 5.73 Å². The number of nitrogens with zero attached hydrogens (tertiary/aromatic N) is 1. The van der Waals surface area contributed by atoms with Gasteiger partial charge in [-0.2, -0.15) is 0 Å². The summed E-state index contributed by atoms with van der Waals surface area (Å²) >= 11 is 2.88. The Morgan fingerprint density at radius 2 is 2.05 bits per heavy atom. The molecule has 2 aromatic rings. The Kier molecular flexibility index (Phi) is 3.90. The zero-order valence-corrected chi connectivity index (χ0v) is 11.2. The van der Waals surface area contributed by atoms with Gasteiger partial charge < -0.3 is 5.73 Å². The van der Waals surface area contributed by atoms with E-state index in [2.05, 4.69) is 20.9 Å². The van der Waals surface area contributed by atoms with Crippen LogP contribution in [0.2, 0.25) is 0 Å². The number of pyridine rings is 1. The molecule has 0 bridgehead atoms. The maximum Gasteiger partial charge on any atom is 0.173 e. The number of hydrogen-bond acceptors (Lipinski definition) is 3. The number of rotatable bonds is 3. The van der Waals surface area contributed by atoms with Crippen molar-refractivity contribution < 1.29 is 13.6 Å². The molecule has 6 heteroatoms. The van der Waals surface area contributed by atoms with E-state index in [0.717, 1.165) is 6.07 Å². The van der Waals surface area contributed by atoms with E-state index in [1.807, 2.05) is 0 Å². The summed E-state index contributed by atoms with van der Waals surface area (Å²) in [7, 11) is 0. The van der Waals surface area contributed by atoms with Gasteiger partial charge >= 0.3 is 0 Å². The van der Waals surface area contributed by atoms with Gasteiger partial charge in [0, 0.05) is 23.7 Å². The molecule has 19 heavy (non-hydrogen) atoms. The molecule has 2 N–H and O–H groups in total. The van der Waals surface area contributed by atoms with E-state index in [0.29, 0.717) is 5.56 Å². The number of anilines is 1. The number of benzene rings is 1. The van der Waals surface area contributed by atoms with Crippen molar-refractivity contribution >= 4 is 27.5 Å². The average Bonchev–Trinajstić information content (AvgIpc) is 2.39. The van der Waals surface area contributed by atoms with E-state index in [1.165, 1.54) is 12.3 Å². The largest absolute Gasteiger partial charge is 0.383 e. The lowest BCUT2D eigenvalue weighted by atomic mass is 10.0. The zero-order valence-electron chi connectivity index (χ0n) is 9.66. The number of carbonyl (C=O) groups is 1. The van der Waals surface area contributed by atoms with Crippen LogP contribution >= 0.6 is 15.9 Å². The summed E-state index contributed by atoms with van der Waals surface area (Å²) in [4.78, 5) is 15.9. The fourth-order valence-electron chi connectivity index (χ4n) is 1.61. The van der Waals surface area contributed by atoms with Crippen molar-refractivity contribution in [1.82, 2.24) is 4.98 Å². The Labute approximate surface area is 116 Å². The molecule has 98 valence electrons. The first-order valence-corrected chi connectivity index (χ1v) is 6.16. The molecule has 0 atom stereocenters. The van der Waals surface area contributed by atoms with Gasteiger partial charge in [-0.05, 0) is 34.1 Å². The predicted octanol–water partition coefficient (Wildman–Crippen LogP) is 3.13. The van der Waals surface area contributed by atoms with Gasteiger partial charge in [0.2, 0.25) is 0 Å². The summed E-state index contributed by atoms with van der Waals surface area (Å²) in [5, 5.41) is 0. The fourth-order valence-corrected chi connectivity index (χ4v) is 2.15. The highest BCUT2D eigenvalue weighted by Gasteiger charge is 2.17. The first-order valence-electron chi connectivity index (χ1n) is 5.36. The van der Waals surface area contributed by atoms with Crippen LogP contribution in [0.3, 0.4) is 0 Å². The molecule has 0 amide bonds. The summed E-state index contributed by atoms with van der Waals surface area (Å²) in [5.74, 6) is -2.21. The number of nitrogens with two attached hydrogens (primary N) is 1. The van der Waals surface area contributed by atoms with Crippen LogP contribution in [0.25, 0.3) is 0 Å². The molecule has 1 heterocycles. The van der Waals surface area contributed by atoms with Crippen molar-refractivity contribution in [2.75, 3.05) is 5.73 Å². The van der Waals surface area contributed by atoms with Crippen molar-refractivity contribution in [1.29, 1.82) is 0 Å². The highest BCUT2D eigenvalue weighted by molar-refractivity contribution is 9.10. The molecule has 0 spiro atoms. The Hall–Kier alpha value is -1.82. The lowest BCUT2D eigenvalue weighted by Gasteiger charge is -2.06. The lowest BCUT2D eigenvalue weighted by Crippen LogP contribution is -2.08. The molecule has 3 nitrogen and oxygen atoms in total. The molecule has 0 aliphatic rings. The molecule has 2 rings (SSSR count). The van der Waals surface area contributed by atoms with Crippen LogP contribution in [0.15, 0.2) is 34.9 Å². The second kappa shape index (κ2) is 5.44. The number of Topliss-reactive ketones (excluding diaryl/α,β-unsaturated/α-hetero) is 1. The van der Waals surface area contributed by atoms with E-state index in [4.69, 9.17) is 5.73 Å². The van der Waals surface area contributed by atoms with Crippen LogP contribution in [0.4, 0.5) is 14.6 Å². The van der Waals surface area contributed by atoms with Crippen LogP contribution in [0.5, 0.6) is 0 Å². The third kappa shape index (κ3) is 2.78. The third-order valence-corrected chi connectivity index (χ3v) is 3.39. The van der Waals surface area contributed by atoms with Gasteiger partial charge in [-0.15, -0.1) is 0 Å². The zero-order chi connectivity index (χ0) is 14.0. The molecule has 0 aliphatic carbocycles. The molecule has 0 aliphatic heterocycles. The highest BCUT2D eigenvalue weighted by Crippen LogP contribution is 2.24. The predicted molar refractivity (Wildman–Crippen MR) is 70.7 cm³/mol. The van der Waals surface area contributed by atoms with Gasteiger partial charge in [-0.3, -0.25) is 4.79 Å². The van der Waals surface area contributed by atoms with Crippen LogP contribution in [0, 0.1) is 11.6 Å². The van der Waals surface area contributed by atoms with Crippen molar-refractivity contribution in [2.24, 2.45) is 0 Å². The van der Waals surface area contributed by atoms with E-state index >= 15 is 0 Å². The summed E-state index contributed by atoms with van der Waals surface area (Å²) in [6.07, 6.45) is 1.49. The normalized spacial score (nSPS) is 10.5. The molecular weight excluding hydrogens is 318 g/mol. The molecule has 1 aromatic heterocycles. The Bertz CT molecular complexity index is 647. The van der Waals surface area contributed by atoms with Crippen LogP contribution in [0.1, 0.15) is 15.9 Å². The number of halogens is 3. The molecule has 0 fully saturated rings. The molecule has 0 saturated heterocycles. The van der Waals surface area contributed by atoms with E-state index in [1.54, 1.807) is 12.1 Å². The molecule has 0 radical (unpaired) electrons. The molecule has 0 unspecified atom stereocenters. The Morgan fingerprint density at radius 1 is 1.32 bits per heavy atom. The van der Waals surface area contributed by atoms with Gasteiger partial charge in [-0.1, -0.05) is 6.07 Å². The van der Waals surface area contributed by atoms with Gasteiger partial charge in [-0.25, -0.2) is 13.8 Å². The number of aromatic nitrogens is 1. The van der Waals surface area contributed by atoms with E-state index in [-0.39, 0.29) is 28.1 Å². The van der Waals surface area contributed by atoms with Crippen molar-refractivity contribution in [2.45, 2.75) is 6.42 Å². The second-order valence-corrected chi connectivity index (χ2v) is 4.66. The van der Waals surface area contributed by atoms with Crippen molar-refractivity contribution in [3.63, 3.8) is 0 Å². The van der Waals surface area contributed by atoms with Crippen molar-refractivity contribution in [3.05, 3.63) is 57.7 Å². The minimum atomic E-state index is -1.08. The first-order chi connectivity index (χ1) is 9.00. The topological polar surface area (TPSA) is 56.0 Å². The monoisotopic (exact) mass is 326 g/mol. The maximum atomic E-state index is 13.4. The molecule has 0 saturated carbocycles. The number of ketones is 1. The molecular formula is C13H9BrF2N2O. The summed E-state index contributed by atoms with van der Waals surface area (Å²) in [6.45, 7) is 0. The van der Waals surface area contributed by atoms with Crippen LogP contribution in [-0.2, 0) is 6.42 Å². The van der Waals surface area contributed by atoms with E-state index in [9.17, 15) is 13.6 Å². The van der Waals surface area contributed by atoms with Gasteiger partial charge in [0.1, 0.15) is 5.82 Å². The minimum absolute atomic E-state index is 0.0245. The standard InChI is InChI=1S/C13H9BrF2N2O/c14-11-8(3-4-9(15)12(11)16)10(19)6-7-2-1-5-18-13(7)17/h1-5H,6H2,(H2,17,18). The van der Waals surface area contributed by atoms with Gasteiger partial charge in [0.25, 0.3) is 0 Å². The van der Waals surface area contributed by atoms with Crippen molar-refractivity contribution in [3.8, 4) is 0 Å². The quantitative estimate of drug-likeness (QED) is 0.696. The number of hydrogen-bond donors (Lipinski definition) is 1. The Balaban J connectivity index is 2.31. The minimum Gasteiger partial charge on any atom is -0.383 e. The first kappa shape index (κ1) is 13.6. The number of carbonyl (C=O) groups excluding carboxylic acids is 1. The maximum absolute atomic E-state index is 13.4. The Morgan fingerprint density at radius 3 is 2.74 bits per heavy atom. The van der Waals surface area contributed by atoms with Gasteiger partial charge in [0.15, 0.2) is 17.4 Å². The second-order valence-electron chi connectivity index (χ2n) is 3.87. The number of nitrogen functional groups attached to an aromatic ring is 1. The third-order valence-electron chi connectivity index (χ3n) is 2.61. The lowest BCUT2D eigenvalue weighted by molar-refractivity contribution is 0.0991. The summed E-state index contributed by atoms with van der Waals surface area (Å²) < 4.78 is 26.1. The summed E-state index contributed by atoms with van der Waals surface area (Å²) in [6, 6.07) is 5.46. The summed E-state index contributed by atoms with van der Waals surface area (Å²) in [5.41, 5.74) is 6.25. The molecule has 1 aromatic carbocycles. The SMILES string of the molecule is Nc1ncccc1CC(=O)c1ccc(F)c(F)c1Br. The highest BCUT2D eigenvalue weighted by atomic mass is 79.9. The van der Waals surface area contributed by atoms with Crippen LogP contribution in [-0.4, -0.2) is 10.8 Å². The average molecular weight is 327 g/mol. The fraction of sp³-hybridized carbons (Fsp3) is 0.0769. The van der Waals surface area contributed by atoms with Gasteiger partial charge in [0.05, 0.1) is 4.47 Å².